The van der Waals surface area contributed by atoms with E-state index in [-0.39, 0.29) is 23.5 Å². The molecule has 0 saturated heterocycles. The van der Waals surface area contributed by atoms with Crippen LogP contribution in [0.25, 0.3) is 6.08 Å². The summed E-state index contributed by atoms with van der Waals surface area (Å²) in [5.41, 5.74) is -0.293. The van der Waals surface area contributed by atoms with Crippen LogP contribution in [0.2, 0.25) is 0 Å². The molecular weight excluding hydrogens is 304 g/mol. The zero-order valence-corrected chi connectivity index (χ0v) is 12.3. The number of hydrogen-bond donors (Lipinski definition) is 1. The Morgan fingerprint density at radius 2 is 1.86 bits per heavy atom. The van der Waals surface area contributed by atoms with Gasteiger partial charge in [0.2, 0.25) is 0 Å². The summed E-state index contributed by atoms with van der Waals surface area (Å²) in [6.07, 6.45) is 2.86. The molecule has 0 fully saturated rings. The molecule has 0 aliphatic carbocycles. The van der Waals surface area contributed by atoms with Crippen molar-refractivity contribution >= 4 is 27.6 Å². The molecule has 0 heterocycles. The molecule has 116 valence electrons. The first kappa shape index (κ1) is 17.1. The van der Waals surface area contributed by atoms with Crippen LogP contribution in [0.15, 0.2) is 18.2 Å². The summed E-state index contributed by atoms with van der Waals surface area (Å²) in [7, 11) is -1.87. The second kappa shape index (κ2) is 6.66. The summed E-state index contributed by atoms with van der Waals surface area (Å²) >= 11 is 0. The number of carboxylic acids is 1. The van der Waals surface area contributed by atoms with Gasteiger partial charge in [0.05, 0.1) is 5.75 Å². The van der Waals surface area contributed by atoms with Gasteiger partial charge in [0, 0.05) is 25.9 Å². The fourth-order valence-corrected chi connectivity index (χ4v) is 2.23. The van der Waals surface area contributed by atoms with Gasteiger partial charge in [-0.25, -0.2) is 22.0 Å². The first-order chi connectivity index (χ1) is 9.60. The highest BCUT2D eigenvalue weighted by atomic mass is 32.2. The lowest BCUT2D eigenvalue weighted by Gasteiger charge is -2.20. The van der Waals surface area contributed by atoms with Gasteiger partial charge < -0.3 is 10.0 Å². The van der Waals surface area contributed by atoms with Gasteiger partial charge in [-0.15, -0.1) is 0 Å². The SMILES string of the molecule is CN(CCS(C)(=O)=O)c1c(F)cc(C=CC(=O)O)cc1F. The highest BCUT2D eigenvalue weighted by molar-refractivity contribution is 7.90. The topological polar surface area (TPSA) is 74.7 Å². The summed E-state index contributed by atoms with van der Waals surface area (Å²) in [5, 5.41) is 8.46. The third-order valence-electron chi connectivity index (χ3n) is 2.64. The number of hydrogen-bond acceptors (Lipinski definition) is 4. The van der Waals surface area contributed by atoms with Crippen molar-refractivity contribution in [3.05, 3.63) is 35.4 Å². The fraction of sp³-hybridized carbons (Fsp3) is 0.308. The average Bonchev–Trinajstić information content (AvgIpc) is 2.32. The Labute approximate surface area is 121 Å². The summed E-state index contributed by atoms with van der Waals surface area (Å²) in [6, 6.07) is 1.96. The molecule has 0 saturated carbocycles. The van der Waals surface area contributed by atoms with Gasteiger partial charge >= 0.3 is 5.97 Å². The van der Waals surface area contributed by atoms with Crippen LogP contribution in [-0.4, -0.2) is 45.1 Å². The molecule has 1 rings (SSSR count). The Hall–Kier alpha value is -1.96. The molecule has 1 aromatic carbocycles. The maximum atomic E-state index is 13.9. The van der Waals surface area contributed by atoms with Crippen LogP contribution >= 0.6 is 0 Å². The van der Waals surface area contributed by atoms with Crippen molar-refractivity contribution in [2.24, 2.45) is 0 Å². The maximum Gasteiger partial charge on any atom is 0.328 e. The van der Waals surface area contributed by atoms with Crippen molar-refractivity contribution in [1.29, 1.82) is 0 Å². The Balaban J connectivity index is 3.01. The van der Waals surface area contributed by atoms with Gasteiger partial charge in [0.25, 0.3) is 0 Å². The highest BCUT2D eigenvalue weighted by Gasteiger charge is 2.16. The Bertz CT molecular complexity index is 648. The van der Waals surface area contributed by atoms with Gasteiger partial charge in [-0.3, -0.25) is 0 Å². The van der Waals surface area contributed by atoms with Crippen LogP contribution in [0.4, 0.5) is 14.5 Å². The maximum absolute atomic E-state index is 13.9. The van der Waals surface area contributed by atoms with Crippen LogP contribution in [0.5, 0.6) is 0 Å². The molecule has 0 unspecified atom stereocenters. The zero-order chi connectivity index (χ0) is 16.2. The van der Waals surface area contributed by atoms with Crippen molar-refractivity contribution in [2.75, 3.05) is 30.5 Å². The van der Waals surface area contributed by atoms with Crippen LogP contribution < -0.4 is 4.90 Å². The number of sulfone groups is 1. The molecular formula is C13H15F2NO4S. The number of nitrogens with zero attached hydrogens (tertiary/aromatic N) is 1. The second-order valence-electron chi connectivity index (χ2n) is 4.56. The smallest absolute Gasteiger partial charge is 0.328 e. The van der Waals surface area contributed by atoms with Crippen LogP contribution in [0.1, 0.15) is 5.56 Å². The molecule has 0 atom stereocenters. The van der Waals surface area contributed by atoms with Crippen molar-refractivity contribution < 1.29 is 27.1 Å². The summed E-state index contributed by atoms with van der Waals surface area (Å²) in [4.78, 5) is 11.5. The third kappa shape index (κ3) is 5.50. The van der Waals surface area contributed by atoms with Crippen LogP contribution in [0, 0.1) is 11.6 Å². The number of halogens is 2. The number of carbonyl (C=O) groups is 1. The summed E-state index contributed by atoms with van der Waals surface area (Å²) < 4.78 is 49.9. The third-order valence-corrected chi connectivity index (χ3v) is 3.56. The molecule has 0 amide bonds. The van der Waals surface area contributed by atoms with Crippen molar-refractivity contribution in [1.82, 2.24) is 0 Å². The predicted octanol–water partition coefficient (Wildman–Crippen LogP) is 1.54. The minimum atomic E-state index is -3.24. The molecule has 8 heteroatoms. The number of benzene rings is 1. The number of anilines is 1. The molecule has 1 aromatic rings. The average molecular weight is 319 g/mol. The van der Waals surface area contributed by atoms with E-state index in [0.717, 1.165) is 35.4 Å². The zero-order valence-electron chi connectivity index (χ0n) is 11.5. The minimum absolute atomic E-state index is 0.0585. The Morgan fingerprint density at radius 1 is 1.33 bits per heavy atom. The largest absolute Gasteiger partial charge is 0.478 e. The summed E-state index contributed by atoms with van der Waals surface area (Å²) in [6.45, 7) is -0.0585. The highest BCUT2D eigenvalue weighted by Crippen LogP contribution is 2.24. The Kier molecular flexibility index (Phi) is 5.42. The van der Waals surface area contributed by atoms with E-state index in [1.807, 2.05) is 0 Å². The molecule has 0 aliphatic heterocycles. The lowest BCUT2D eigenvalue weighted by Crippen LogP contribution is -2.26. The van der Waals surface area contributed by atoms with Crippen molar-refractivity contribution in [3.8, 4) is 0 Å². The second-order valence-corrected chi connectivity index (χ2v) is 6.82. The van der Waals surface area contributed by atoms with Gasteiger partial charge in [-0.05, 0) is 23.8 Å². The standard InChI is InChI=1S/C13H15F2NO4S/c1-16(5-6-21(2,19)20)13-10(14)7-9(8-11(13)15)3-4-12(17)18/h3-4,7-8H,5-6H2,1-2H3,(H,17,18). The molecule has 0 aromatic heterocycles. The van der Waals surface area contributed by atoms with E-state index in [1.54, 1.807) is 0 Å². The lowest BCUT2D eigenvalue weighted by atomic mass is 10.1. The molecule has 0 radical (unpaired) electrons. The fourth-order valence-electron chi connectivity index (χ4n) is 1.63. The molecule has 1 N–H and O–H groups in total. The minimum Gasteiger partial charge on any atom is -0.478 e. The molecule has 0 bridgehead atoms. The first-order valence-electron chi connectivity index (χ1n) is 5.89. The van der Waals surface area contributed by atoms with E-state index in [1.165, 1.54) is 7.05 Å². The predicted molar refractivity (Wildman–Crippen MR) is 76.0 cm³/mol. The molecule has 5 nitrogen and oxygen atoms in total. The van der Waals surface area contributed by atoms with E-state index in [0.29, 0.717) is 0 Å². The Morgan fingerprint density at radius 3 is 2.29 bits per heavy atom. The van der Waals surface area contributed by atoms with Gasteiger partial charge in [-0.2, -0.15) is 0 Å². The van der Waals surface area contributed by atoms with E-state index in [4.69, 9.17) is 5.11 Å². The lowest BCUT2D eigenvalue weighted by molar-refractivity contribution is -0.131. The monoisotopic (exact) mass is 319 g/mol. The van der Waals surface area contributed by atoms with Crippen LogP contribution in [-0.2, 0) is 14.6 Å². The first-order valence-corrected chi connectivity index (χ1v) is 7.95. The molecule has 0 spiro atoms. The number of carboxylic acid groups (broad SMARTS) is 1. The number of aliphatic carboxylic acids is 1. The van der Waals surface area contributed by atoms with E-state index >= 15 is 0 Å². The van der Waals surface area contributed by atoms with Crippen molar-refractivity contribution in [2.45, 2.75) is 0 Å². The molecule has 0 aliphatic rings. The van der Waals surface area contributed by atoms with E-state index in [2.05, 4.69) is 0 Å². The molecule has 21 heavy (non-hydrogen) atoms. The van der Waals surface area contributed by atoms with E-state index < -0.39 is 27.4 Å². The summed E-state index contributed by atoms with van der Waals surface area (Å²) in [5.74, 6) is -3.25. The quantitative estimate of drug-likeness (QED) is 0.805. The van der Waals surface area contributed by atoms with Gasteiger partial charge in [0.1, 0.15) is 27.2 Å². The van der Waals surface area contributed by atoms with E-state index in [9.17, 15) is 22.0 Å². The van der Waals surface area contributed by atoms with Crippen LogP contribution in [0.3, 0.4) is 0 Å². The van der Waals surface area contributed by atoms with Gasteiger partial charge in [-0.1, -0.05) is 0 Å². The van der Waals surface area contributed by atoms with Crippen molar-refractivity contribution in [3.63, 3.8) is 0 Å². The van der Waals surface area contributed by atoms with Gasteiger partial charge in [0.15, 0.2) is 0 Å². The number of rotatable bonds is 6. The normalized spacial score (nSPS) is 11.8.